The van der Waals surface area contributed by atoms with Crippen molar-refractivity contribution in [3.05, 3.63) is 27.8 Å². The third kappa shape index (κ3) is 2.95. The lowest BCUT2D eigenvalue weighted by atomic mass is 9.93. The molecule has 2 aromatic rings. The number of nitrogens with zero attached hydrogens (tertiary/aromatic N) is 3. The van der Waals surface area contributed by atoms with E-state index >= 15 is 0 Å². The minimum Gasteiger partial charge on any atom is -0.384 e. The van der Waals surface area contributed by atoms with E-state index in [-0.39, 0.29) is 11.4 Å². The number of nitrogen functional groups attached to an aromatic ring is 2. The van der Waals surface area contributed by atoms with Crippen molar-refractivity contribution in [3.63, 3.8) is 0 Å². The average Bonchev–Trinajstić information content (AvgIpc) is 2.63. The third-order valence-corrected chi connectivity index (χ3v) is 3.32. The summed E-state index contributed by atoms with van der Waals surface area (Å²) in [7, 11) is 0. The molecule has 0 aliphatic rings. The zero-order valence-electron chi connectivity index (χ0n) is 10.8. The summed E-state index contributed by atoms with van der Waals surface area (Å²) in [5, 5.41) is 3.10. The lowest BCUT2D eigenvalue weighted by molar-refractivity contribution is 0.571. The number of anilines is 2. The molecule has 96 valence electrons. The first kappa shape index (κ1) is 12.8. The molecule has 0 amide bonds. The molecule has 2 rings (SSSR count). The van der Waals surface area contributed by atoms with Crippen molar-refractivity contribution in [1.29, 1.82) is 0 Å². The lowest BCUT2D eigenvalue weighted by Crippen LogP contribution is -2.11. The van der Waals surface area contributed by atoms with Gasteiger partial charge in [0.25, 0.3) is 0 Å². The van der Waals surface area contributed by atoms with Crippen LogP contribution in [0.3, 0.4) is 0 Å². The van der Waals surface area contributed by atoms with Gasteiger partial charge in [0.2, 0.25) is 5.95 Å². The molecule has 0 aliphatic carbocycles. The van der Waals surface area contributed by atoms with Crippen LogP contribution in [0.15, 0.2) is 11.4 Å². The Hall–Kier alpha value is -1.69. The largest absolute Gasteiger partial charge is 0.384 e. The van der Waals surface area contributed by atoms with Gasteiger partial charge in [-0.1, -0.05) is 20.8 Å². The fourth-order valence-corrected chi connectivity index (χ4v) is 2.56. The fraction of sp³-hybridized carbons (Fsp3) is 0.417. The van der Waals surface area contributed by atoms with Crippen LogP contribution in [-0.4, -0.2) is 15.0 Å². The molecule has 0 saturated carbocycles. The number of aromatic nitrogens is 3. The highest BCUT2D eigenvalue weighted by atomic mass is 32.1. The van der Waals surface area contributed by atoms with Crippen molar-refractivity contribution in [1.82, 2.24) is 15.0 Å². The second-order valence-electron chi connectivity index (χ2n) is 5.20. The van der Waals surface area contributed by atoms with Gasteiger partial charge in [-0.05, 0) is 0 Å². The highest BCUT2D eigenvalue weighted by molar-refractivity contribution is 7.09. The summed E-state index contributed by atoms with van der Waals surface area (Å²) in [5.41, 5.74) is 13.2. The summed E-state index contributed by atoms with van der Waals surface area (Å²) in [6.07, 6.45) is 0.637. The van der Waals surface area contributed by atoms with Gasteiger partial charge < -0.3 is 11.5 Å². The Balaban J connectivity index is 2.21. The summed E-state index contributed by atoms with van der Waals surface area (Å²) in [6, 6.07) is 1.73. The van der Waals surface area contributed by atoms with Crippen LogP contribution in [0.5, 0.6) is 0 Å². The predicted molar refractivity (Wildman–Crippen MR) is 74.5 cm³/mol. The molecule has 0 unspecified atom stereocenters. The van der Waals surface area contributed by atoms with Gasteiger partial charge in [-0.15, -0.1) is 11.3 Å². The second kappa shape index (κ2) is 4.53. The monoisotopic (exact) mass is 263 g/mol. The van der Waals surface area contributed by atoms with Gasteiger partial charge in [0, 0.05) is 23.3 Å². The van der Waals surface area contributed by atoms with Gasteiger partial charge in [0.05, 0.1) is 16.4 Å². The maximum atomic E-state index is 5.64. The summed E-state index contributed by atoms with van der Waals surface area (Å²) in [6.45, 7) is 6.44. The molecular weight excluding hydrogens is 246 g/mol. The van der Waals surface area contributed by atoms with Gasteiger partial charge in [-0.25, -0.2) is 9.97 Å². The Morgan fingerprint density at radius 2 is 1.89 bits per heavy atom. The van der Waals surface area contributed by atoms with Crippen molar-refractivity contribution in [2.75, 3.05) is 11.5 Å². The van der Waals surface area contributed by atoms with Gasteiger partial charge in [0.1, 0.15) is 5.82 Å². The first-order valence-corrected chi connectivity index (χ1v) is 6.56. The molecule has 0 aliphatic heterocycles. The Morgan fingerprint density at radius 3 is 2.44 bits per heavy atom. The van der Waals surface area contributed by atoms with Gasteiger partial charge in [0.15, 0.2) is 0 Å². The van der Waals surface area contributed by atoms with Crippen LogP contribution in [0.4, 0.5) is 11.8 Å². The number of hydrogen-bond acceptors (Lipinski definition) is 6. The Bertz CT molecular complexity index is 536. The first-order chi connectivity index (χ1) is 8.34. The molecule has 0 atom stereocenters. The molecule has 0 bridgehead atoms. The zero-order valence-corrected chi connectivity index (χ0v) is 11.6. The van der Waals surface area contributed by atoms with Crippen LogP contribution >= 0.6 is 11.3 Å². The standard InChI is InChI=1S/C12H17N5S/c1-12(2,3)8-6-18-10(16-8)5-7-4-9(13)17-11(14)15-7/h4,6H,5H2,1-3H3,(H4,13,14,15,17). The maximum Gasteiger partial charge on any atom is 0.222 e. The highest BCUT2D eigenvalue weighted by Gasteiger charge is 2.17. The second-order valence-corrected chi connectivity index (χ2v) is 6.14. The quantitative estimate of drug-likeness (QED) is 0.864. The molecule has 2 aromatic heterocycles. The molecule has 0 saturated heterocycles. The molecule has 5 nitrogen and oxygen atoms in total. The summed E-state index contributed by atoms with van der Waals surface area (Å²) in [5.74, 6) is 0.600. The fourth-order valence-electron chi connectivity index (χ4n) is 1.52. The predicted octanol–water partition coefficient (Wildman–Crippen LogP) is 1.99. The smallest absolute Gasteiger partial charge is 0.222 e. The summed E-state index contributed by atoms with van der Waals surface area (Å²) in [4.78, 5) is 12.6. The van der Waals surface area contributed by atoms with Crippen LogP contribution in [-0.2, 0) is 11.8 Å². The topological polar surface area (TPSA) is 90.7 Å². The van der Waals surface area contributed by atoms with E-state index in [4.69, 9.17) is 11.5 Å². The van der Waals surface area contributed by atoms with E-state index in [0.717, 1.165) is 16.4 Å². The van der Waals surface area contributed by atoms with Crippen LogP contribution in [0.2, 0.25) is 0 Å². The van der Waals surface area contributed by atoms with Crippen molar-refractivity contribution >= 4 is 23.1 Å². The number of thiazole rings is 1. The van der Waals surface area contributed by atoms with Crippen LogP contribution in [0, 0.1) is 0 Å². The van der Waals surface area contributed by atoms with Gasteiger partial charge >= 0.3 is 0 Å². The van der Waals surface area contributed by atoms with E-state index in [0.29, 0.717) is 12.2 Å². The normalized spacial score (nSPS) is 11.7. The van der Waals surface area contributed by atoms with Crippen LogP contribution in [0.25, 0.3) is 0 Å². The molecule has 18 heavy (non-hydrogen) atoms. The molecule has 0 fully saturated rings. The lowest BCUT2D eigenvalue weighted by Gasteiger charge is -2.14. The molecule has 4 N–H and O–H groups in total. The van der Waals surface area contributed by atoms with E-state index in [2.05, 4.69) is 41.1 Å². The summed E-state index contributed by atoms with van der Waals surface area (Å²) >= 11 is 1.63. The third-order valence-electron chi connectivity index (χ3n) is 2.47. The molecular formula is C12H17N5S. The van der Waals surface area contributed by atoms with Gasteiger partial charge in [-0.3, -0.25) is 0 Å². The summed E-state index contributed by atoms with van der Waals surface area (Å²) < 4.78 is 0. The van der Waals surface area contributed by atoms with Gasteiger partial charge in [-0.2, -0.15) is 4.98 Å². The Kier molecular flexibility index (Phi) is 3.21. The van der Waals surface area contributed by atoms with Crippen molar-refractivity contribution in [3.8, 4) is 0 Å². The molecule has 0 aromatic carbocycles. The molecule has 2 heterocycles. The Morgan fingerprint density at radius 1 is 1.17 bits per heavy atom. The number of rotatable bonds is 2. The minimum absolute atomic E-state index is 0.0679. The number of hydrogen-bond donors (Lipinski definition) is 2. The SMILES string of the molecule is CC(C)(C)c1csc(Cc2cc(N)nc(N)n2)n1. The molecule has 0 spiro atoms. The zero-order chi connectivity index (χ0) is 13.3. The van der Waals surface area contributed by atoms with Crippen molar-refractivity contribution in [2.24, 2.45) is 0 Å². The van der Waals surface area contributed by atoms with Crippen LogP contribution < -0.4 is 11.5 Å². The average molecular weight is 263 g/mol. The number of nitrogens with two attached hydrogens (primary N) is 2. The minimum atomic E-state index is 0.0679. The van der Waals surface area contributed by atoms with E-state index in [1.54, 1.807) is 17.4 Å². The molecule has 6 heteroatoms. The highest BCUT2D eigenvalue weighted by Crippen LogP contribution is 2.25. The van der Waals surface area contributed by atoms with Crippen molar-refractivity contribution < 1.29 is 0 Å². The Labute approximate surface area is 110 Å². The van der Waals surface area contributed by atoms with E-state index in [1.165, 1.54) is 0 Å². The molecule has 0 radical (unpaired) electrons. The van der Waals surface area contributed by atoms with Crippen molar-refractivity contribution in [2.45, 2.75) is 32.6 Å². The van der Waals surface area contributed by atoms with E-state index in [1.807, 2.05) is 0 Å². The van der Waals surface area contributed by atoms with Crippen LogP contribution in [0.1, 0.15) is 37.2 Å². The first-order valence-electron chi connectivity index (χ1n) is 5.68. The van der Waals surface area contributed by atoms with E-state index in [9.17, 15) is 0 Å². The maximum absolute atomic E-state index is 5.64. The van der Waals surface area contributed by atoms with E-state index < -0.39 is 0 Å².